The van der Waals surface area contributed by atoms with E-state index < -0.39 is 12.1 Å². The van der Waals surface area contributed by atoms with Crippen LogP contribution in [-0.2, 0) is 16.0 Å². The fraction of sp³-hybridized carbons (Fsp3) is 0.417. The number of fused-ring (bicyclic) bond motifs is 1. The molecule has 1 N–H and O–H groups in total. The molecule has 0 aliphatic heterocycles. The molecule has 0 fully saturated rings. The van der Waals surface area contributed by atoms with Crippen LogP contribution in [0.15, 0.2) is 42.5 Å². The Hall–Kier alpha value is -3.02. The van der Waals surface area contributed by atoms with Crippen LogP contribution in [0.5, 0.6) is 11.5 Å². The summed E-state index contributed by atoms with van der Waals surface area (Å²) in [6, 6.07) is 12.9. The predicted molar refractivity (Wildman–Crippen MR) is 114 cm³/mol. The van der Waals surface area contributed by atoms with Gasteiger partial charge in [-0.1, -0.05) is 24.3 Å². The van der Waals surface area contributed by atoms with Crippen molar-refractivity contribution in [1.82, 2.24) is 5.32 Å². The van der Waals surface area contributed by atoms with E-state index in [0.29, 0.717) is 30.3 Å². The largest absolute Gasteiger partial charge is 0.490 e. The normalized spacial score (nSPS) is 16.2. The predicted octanol–water partition coefficient (Wildman–Crippen LogP) is 4.22. The molecule has 0 heterocycles. The van der Waals surface area contributed by atoms with Gasteiger partial charge in [0.05, 0.1) is 24.8 Å². The number of rotatable bonds is 8. The fourth-order valence-corrected chi connectivity index (χ4v) is 3.65. The zero-order valence-corrected chi connectivity index (χ0v) is 17.8. The van der Waals surface area contributed by atoms with Crippen LogP contribution in [0.2, 0.25) is 0 Å². The van der Waals surface area contributed by atoms with Crippen molar-refractivity contribution in [3.8, 4) is 11.5 Å². The summed E-state index contributed by atoms with van der Waals surface area (Å²) in [5, 5.41) is 3.03. The van der Waals surface area contributed by atoms with Crippen LogP contribution >= 0.6 is 0 Å². The van der Waals surface area contributed by atoms with Crippen molar-refractivity contribution < 1.29 is 23.8 Å². The first-order chi connectivity index (χ1) is 14.5. The maximum Gasteiger partial charge on any atom is 0.339 e. The summed E-state index contributed by atoms with van der Waals surface area (Å²) < 4.78 is 16.5. The first kappa shape index (κ1) is 21.7. The molecule has 2 aromatic rings. The first-order valence-electron chi connectivity index (χ1n) is 10.5. The smallest absolute Gasteiger partial charge is 0.339 e. The molecule has 0 radical (unpaired) electrons. The van der Waals surface area contributed by atoms with Gasteiger partial charge in [-0.3, -0.25) is 4.79 Å². The van der Waals surface area contributed by atoms with Gasteiger partial charge in [0.15, 0.2) is 17.6 Å². The third-order valence-corrected chi connectivity index (χ3v) is 5.12. The molecule has 6 nitrogen and oxygen atoms in total. The van der Waals surface area contributed by atoms with E-state index in [9.17, 15) is 9.59 Å². The SMILES string of the molecule is CCOc1ccc(C(=O)O[C@H](C)C(=O)N[C@H]2CCCc3ccccc32)cc1OCC. The number of hydrogen-bond acceptors (Lipinski definition) is 5. The molecular weight excluding hydrogens is 382 g/mol. The third kappa shape index (κ3) is 5.12. The first-order valence-corrected chi connectivity index (χ1v) is 10.5. The van der Waals surface area contributed by atoms with Crippen LogP contribution in [-0.4, -0.2) is 31.2 Å². The van der Waals surface area contributed by atoms with E-state index in [0.717, 1.165) is 24.8 Å². The Kier molecular flexibility index (Phi) is 7.33. The number of nitrogens with one attached hydrogen (secondary N) is 1. The second kappa shape index (κ2) is 10.1. The van der Waals surface area contributed by atoms with Gasteiger partial charge in [0.2, 0.25) is 0 Å². The van der Waals surface area contributed by atoms with E-state index in [1.807, 2.05) is 32.0 Å². The molecule has 0 saturated carbocycles. The van der Waals surface area contributed by atoms with Gasteiger partial charge in [-0.05, 0) is 69.4 Å². The third-order valence-electron chi connectivity index (χ3n) is 5.12. The number of esters is 1. The van der Waals surface area contributed by atoms with Gasteiger partial charge in [-0.25, -0.2) is 4.79 Å². The molecule has 2 atom stereocenters. The lowest BCUT2D eigenvalue weighted by Crippen LogP contribution is -2.39. The Morgan fingerprint density at radius 3 is 2.57 bits per heavy atom. The van der Waals surface area contributed by atoms with Crippen molar-refractivity contribution in [2.45, 2.75) is 52.2 Å². The minimum atomic E-state index is -0.909. The van der Waals surface area contributed by atoms with Crippen LogP contribution in [0.1, 0.15) is 61.1 Å². The molecule has 0 saturated heterocycles. The number of benzene rings is 2. The summed E-state index contributed by atoms with van der Waals surface area (Å²) in [4.78, 5) is 25.2. The van der Waals surface area contributed by atoms with Crippen molar-refractivity contribution >= 4 is 11.9 Å². The molecule has 1 aliphatic carbocycles. The highest BCUT2D eigenvalue weighted by molar-refractivity contribution is 5.93. The average molecular weight is 411 g/mol. The molecule has 30 heavy (non-hydrogen) atoms. The minimum Gasteiger partial charge on any atom is -0.490 e. The van der Waals surface area contributed by atoms with E-state index in [1.54, 1.807) is 25.1 Å². The molecule has 2 aromatic carbocycles. The van der Waals surface area contributed by atoms with Gasteiger partial charge in [-0.2, -0.15) is 0 Å². The van der Waals surface area contributed by atoms with Gasteiger partial charge in [0.1, 0.15) is 0 Å². The molecule has 1 amide bonds. The Labute approximate surface area is 177 Å². The van der Waals surface area contributed by atoms with Gasteiger partial charge in [0.25, 0.3) is 5.91 Å². The zero-order valence-electron chi connectivity index (χ0n) is 17.8. The molecule has 160 valence electrons. The van der Waals surface area contributed by atoms with Crippen molar-refractivity contribution in [2.24, 2.45) is 0 Å². The standard InChI is InChI=1S/C24H29NO5/c1-4-28-21-14-13-18(15-22(21)29-5-2)24(27)30-16(3)23(26)25-20-12-8-10-17-9-6-7-11-19(17)20/h6-7,9,11,13-16,20H,4-5,8,10,12H2,1-3H3,(H,25,26)/t16-,20+/m1/s1. The number of aryl methyl sites for hydroxylation is 1. The van der Waals surface area contributed by atoms with E-state index >= 15 is 0 Å². The van der Waals surface area contributed by atoms with Crippen LogP contribution in [0.25, 0.3) is 0 Å². The summed E-state index contributed by atoms with van der Waals surface area (Å²) in [6.07, 6.45) is 2.00. The Morgan fingerprint density at radius 1 is 1.07 bits per heavy atom. The van der Waals surface area contributed by atoms with Crippen LogP contribution in [0.4, 0.5) is 0 Å². The highest BCUT2D eigenvalue weighted by atomic mass is 16.5. The van der Waals surface area contributed by atoms with Gasteiger partial charge >= 0.3 is 5.97 Å². The summed E-state index contributed by atoms with van der Waals surface area (Å²) in [5.74, 6) is 0.161. The van der Waals surface area contributed by atoms with Crippen LogP contribution in [0.3, 0.4) is 0 Å². The highest BCUT2D eigenvalue weighted by Crippen LogP contribution is 2.30. The maximum absolute atomic E-state index is 12.7. The van der Waals surface area contributed by atoms with E-state index in [-0.39, 0.29) is 11.9 Å². The quantitative estimate of drug-likeness (QED) is 0.658. The second-order valence-electron chi connectivity index (χ2n) is 7.23. The molecule has 6 heteroatoms. The molecule has 3 rings (SSSR count). The van der Waals surface area contributed by atoms with E-state index in [1.165, 1.54) is 5.56 Å². The van der Waals surface area contributed by atoms with Crippen LogP contribution in [0, 0.1) is 0 Å². The zero-order chi connectivity index (χ0) is 21.5. The lowest BCUT2D eigenvalue weighted by atomic mass is 9.87. The van der Waals surface area contributed by atoms with Crippen molar-refractivity contribution in [1.29, 1.82) is 0 Å². The molecule has 0 bridgehead atoms. The maximum atomic E-state index is 12.7. The summed E-state index contributed by atoms with van der Waals surface area (Å²) in [6.45, 7) is 6.26. The topological polar surface area (TPSA) is 73.9 Å². The van der Waals surface area contributed by atoms with E-state index in [4.69, 9.17) is 14.2 Å². The summed E-state index contributed by atoms with van der Waals surface area (Å²) in [5.41, 5.74) is 2.71. The molecular formula is C24H29NO5. The van der Waals surface area contributed by atoms with Crippen LogP contribution < -0.4 is 14.8 Å². The minimum absolute atomic E-state index is 0.0568. The number of ether oxygens (including phenoxy) is 3. The van der Waals surface area contributed by atoms with Crippen molar-refractivity contribution in [3.63, 3.8) is 0 Å². The summed E-state index contributed by atoms with van der Waals surface area (Å²) >= 11 is 0. The Morgan fingerprint density at radius 2 is 1.80 bits per heavy atom. The number of hydrogen-bond donors (Lipinski definition) is 1. The molecule has 0 aromatic heterocycles. The van der Waals surface area contributed by atoms with E-state index in [2.05, 4.69) is 11.4 Å². The van der Waals surface area contributed by atoms with Gasteiger partial charge in [-0.15, -0.1) is 0 Å². The Balaban J connectivity index is 1.64. The van der Waals surface area contributed by atoms with Crippen molar-refractivity contribution in [2.75, 3.05) is 13.2 Å². The Bertz CT molecular complexity index is 895. The van der Waals surface area contributed by atoms with Gasteiger partial charge in [0, 0.05) is 0 Å². The fourth-order valence-electron chi connectivity index (χ4n) is 3.65. The summed E-state index contributed by atoms with van der Waals surface area (Å²) in [7, 11) is 0. The van der Waals surface area contributed by atoms with Gasteiger partial charge < -0.3 is 19.5 Å². The monoisotopic (exact) mass is 411 g/mol. The average Bonchev–Trinajstić information content (AvgIpc) is 2.75. The molecule has 0 spiro atoms. The molecule has 1 aliphatic rings. The lowest BCUT2D eigenvalue weighted by Gasteiger charge is -2.27. The number of carbonyl (C=O) groups excluding carboxylic acids is 2. The number of carbonyl (C=O) groups is 2. The lowest BCUT2D eigenvalue weighted by molar-refractivity contribution is -0.130. The molecule has 0 unspecified atom stereocenters. The second-order valence-corrected chi connectivity index (χ2v) is 7.23. The van der Waals surface area contributed by atoms with Crippen molar-refractivity contribution in [3.05, 3.63) is 59.2 Å². The number of amides is 1. The highest BCUT2D eigenvalue weighted by Gasteiger charge is 2.26.